The molecule has 0 spiro atoms. The molecular weight excluding hydrogens is 80.1 g/mol. The van der Waals surface area contributed by atoms with Gasteiger partial charge in [0.15, 0.2) is 5.80 Å². The van der Waals surface area contributed by atoms with E-state index in [2.05, 4.69) is 10.3 Å². The highest BCUT2D eigenvalue weighted by atomic mass is 28.2. The summed E-state index contributed by atoms with van der Waals surface area (Å²) in [6, 6.07) is 0. The van der Waals surface area contributed by atoms with Gasteiger partial charge < -0.3 is 10.3 Å². The van der Waals surface area contributed by atoms with E-state index in [0.717, 1.165) is 9.29 Å². The molecule has 3 heteroatoms. The maximum absolute atomic E-state index is 2.96. The Morgan fingerprint density at radius 1 is 1.80 bits per heavy atom. The molecular formula is C2H4N2Si. The second kappa shape index (κ2) is 1.21. The molecule has 0 unspecified atom stereocenters. The Morgan fingerprint density at radius 3 is 3.00 bits per heavy atom. The number of hydrogen-bond acceptors (Lipinski definition) is 2. The molecule has 2 N–H and O–H groups in total. The molecule has 0 bridgehead atoms. The molecule has 0 aliphatic carbocycles. The van der Waals surface area contributed by atoms with Crippen molar-refractivity contribution in [1.29, 1.82) is 0 Å². The van der Waals surface area contributed by atoms with E-state index in [0.29, 0.717) is 0 Å². The number of hydrogen-bond donors (Lipinski definition) is 2. The monoisotopic (exact) mass is 84.0 g/mol. The lowest BCUT2D eigenvalue weighted by atomic mass is 11.1. The van der Waals surface area contributed by atoms with E-state index in [-0.39, 0.29) is 0 Å². The van der Waals surface area contributed by atoms with E-state index >= 15 is 0 Å². The lowest BCUT2D eigenvalue weighted by Gasteiger charge is -1.90. The highest BCUT2D eigenvalue weighted by Crippen LogP contribution is 1.54. The smallest absolute Gasteiger partial charge is 0.490 e. The Kier molecular flexibility index (Phi) is 0.703. The van der Waals surface area contributed by atoms with Crippen LogP contribution in [0, 0.1) is 6.67 Å². The minimum absolute atomic E-state index is 0.767. The van der Waals surface area contributed by atoms with Crippen LogP contribution in [-0.4, -0.2) is 15.1 Å². The van der Waals surface area contributed by atoms with Crippen molar-refractivity contribution >= 4 is 15.1 Å². The molecule has 0 aromatic heterocycles. The summed E-state index contributed by atoms with van der Waals surface area (Å²) >= 11 is 0. The molecule has 0 amide bonds. The van der Waals surface area contributed by atoms with Gasteiger partial charge in [0.2, 0.25) is 0 Å². The van der Waals surface area contributed by atoms with E-state index in [1.54, 1.807) is 0 Å². The summed E-state index contributed by atoms with van der Waals surface area (Å²) in [6.07, 6.45) is 0. The van der Waals surface area contributed by atoms with Gasteiger partial charge >= 0.3 is 9.29 Å². The molecule has 1 aliphatic heterocycles. The quantitative estimate of drug-likeness (QED) is 0.281. The van der Waals surface area contributed by atoms with Crippen molar-refractivity contribution in [1.82, 2.24) is 10.3 Å². The molecule has 1 aliphatic rings. The van der Waals surface area contributed by atoms with Gasteiger partial charge in [-0.3, -0.25) is 0 Å². The van der Waals surface area contributed by atoms with Gasteiger partial charge in [-0.05, 0) is 0 Å². The van der Waals surface area contributed by atoms with Crippen LogP contribution in [0.15, 0.2) is 0 Å². The number of rotatable bonds is 0. The van der Waals surface area contributed by atoms with Crippen molar-refractivity contribution in [3.8, 4) is 0 Å². The first-order valence-electron chi connectivity index (χ1n) is 1.40. The Bertz CT molecular complexity index is 45.6. The normalized spacial score (nSPS) is 16.0. The molecule has 0 saturated carbocycles. The van der Waals surface area contributed by atoms with E-state index < -0.39 is 0 Å². The van der Waals surface area contributed by atoms with Crippen LogP contribution in [0.1, 0.15) is 0 Å². The van der Waals surface area contributed by atoms with Crippen LogP contribution in [0.3, 0.4) is 0 Å². The summed E-state index contributed by atoms with van der Waals surface area (Å²) in [5.41, 5.74) is 0. The Morgan fingerprint density at radius 2 is 2.80 bits per heavy atom. The molecule has 0 radical (unpaired) electrons. The van der Waals surface area contributed by atoms with Crippen molar-refractivity contribution in [2.75, 3.05) is 0 Å². The highest BCUT2D eigenvalue weighted by molar-refractivity contribution is 6.45. The van der Waals surface area contributed by atoms with Gasteiger partial charge in [-0.15, -0.1) is 6.67 Å². The average molecular weight is 84.2 g/mol. The zero-order chi connectivity index (χ0) is 3.54. The fourth-order valence-electron chi connectivity index (χ4n) is 0.208. The summed E-state index contributed by atoms with van der Waals surface area (Å²) in [4.78, 5) is 2.96. The van der Waals surface area contributed by atoms with Crippen molar-refractivity contribution < 1.29 is 0 Å². The third kappa shape index (κ3) is 0.478. The molecule has 26 valence electrons. The van der Waals surface area contributed by atoms with Crippen LogP contribution < -0.4 is 10.3 Å². The highest BCUT2D eigenvalue weighted by Gasteiger charge is 1.87. The standard InChI is InChI=1S/C2H4N2Si/c1-3-2-5-4-1/h1-4H. The van der Waals surface area contributed by atoms with Gasteiger partial charge in [0.25, 0.3) is 0 Å². The van der Waals surface area contributed by atoms with Gasteiger partial charge in [0.05, 0.1) is 0 Å². The molecule has 1 rings (SSSR count). The number of nitrogens with one attached hydrogen (secondary N) is 2. The molecule has 0 atom stereocenters. The lowest BCUT2D eigenvalue weighted by molar-refractivity contribution is 1.06. The molecule has 0 aromatic rings. The molecule has 5 heavy (non-hydrogen) atoms. The third-order valence-electron chi connectivity index (χ3n) is 0.394. The predicted molar refractivity (Wildman–Crippen MR) is 22.4 cm³/mol. The van der Waals surface area contributed by atoms with Crippen molar-refractivity contribution in [2.24, 2.45) is 0 Å². The van der Waals surface area contributed by atoms with Crippen LogP contribution in [-0.2, 0) is 0 Å². The zero-order valence-corrected chi connectivity index (χ0v) is 3.65. The first-order valence-corrected chi connectivity index (χ1v) is 2.48. The first-order chi connectivity index (χ1) is 2.50. The Labute approximate surface area is 33.1 Å². The van der Waals surface area contributed by atoms with E-state index in [4.69, 9.17) is 0 Å². The molecule has 0 fully saturated rings. The van der Waals surface area contributed by atoms with E-state index in [1.165, 1.54) is 0 Å². The van der Waals surface area contributed by atoms with Gasteiger partial charge in [-0.2, -0.15) is 0 Å². The van der Waals surface area contributed by atoms with Gasteiger partial charge in [0, 0.05) is 0 Å². The Balaban J connectivity index is 2.32. The fraction of sp³-hybridized carbons (Fsp3) is 0. The SMILES string of the molecule is C1=[Si+]N[CH-]N1. The summed E-state index contributed by atoms with van der Waals surface area (Å²) in [5, 5.41) is 2.87. The summed E-state index contributed by atoms with van der Waals surface area (Å²) in [5.74, 6) is 1.97. The third-order valence-corrected chi connectivity index (χ3v) is 1.02. The van der Waals surface area contributed by atoms with Crippen LogP contribution >= 0.6 is 0 Å². The second-order valence-electron chi connectivity index (χ2n) is 0.744. The largest absolute Gasteiger partial charge is 0.569 e. The first kappa shape index (κ1) is 2.90. The summed E-state index contributed by atoms with van der Waals surface area (Å²) < 4.78 is 0. The molecule has 0 saturated heterocycles. The fourth-order valence-corrected chi connectivity index (χ4v) is 0.625. The van der Waals surface area contributed by atoms with Crippen LogP contribution in [0.25, 0.3) is 0 Å². The van der Waals surface area contributed by atoms with E-state index in [1.807, 2.05) is 12.5 Å². The average Bonchev–Trinajstić information content (AvgIpc) is 1.76. The van der Waals surface area contributed by atoms with Gasteiger partial charge in [0.1, 0.15) is 0 Å². The Hall–Kier alpha value is -0.313. The topological polar surface area (TPSA) is 24.1 Å². The van der Waals surface area contributed by atoms with Gasteiger partial charge in [-0.25, -0.2) is 0 Å². The minimum atomic E-state index is 0.767. The molecule has 1 heterocycles. The van der Waals surface area contributed by atoms with Crippen molar-refractivity contribution in [2.45, 2.75) is 0 Å². The minimum Gasteiger partial charge on any atom is -0.490 e. The van der Waals surface area contributed by atoms with Crippen LogP contribution in [0.4, 0.5) is 0 Å². The van der Waals surface area contributed by atoms with Crippen molar-refractivity contribution in [3.63, 3.8) is 0 Å². The lowest BCUT2D eigenvalue weighted by Crippen LogP contribution is -2.06. The van der Waals surface area contributed by atoms with E-state index in [9.17, 15) is 0 Å². The zero-order valence-electron chi connectivity index (χ0n) is 2.65. The van der Waals surface area contributed by atoms with Crippen LogP contribution in [0.5, 0.6) is 0 Å². The van der Waals surface area contributed by atoms with Gasteiger partial charge in [-0.1, -0.05) is 0 Å². The summed E-state index contributed by atoms with van der Waals surface area (Å²) in [7, 11) is 0.767. The molecule has 2 nitrogen and oxygen atoms in total. The van der Waals surface area contributed by atoms with Crippen molar-refractivity contribution in [3.05, 3.63) is 6.67 Å². The second-order valence-corrected chi connectivity index (χ2v) is 1.61. The maximum atomic E-state index is 2.96. The maximum Gasteiger partial charge on any atom is 0.569 e. The molecule has 0 aromatic carbocycles. The summed E-state index contributed by atoms with van der Waals surface area (Å²) in [6.45, 7) is 1.82. The predicted octanol–water partition coefficient (Wildman–Crippen LogP) is -1.32. The van der Waals surface area contributed by atoms with Crippen LogP contribution in [0.2, 0.25) is 0 Å².